The van der Waals surface area contributed by atoms with Crippen molar-refractivity contribution in [3.63, 3.8) is 0 Å². The third-order valence-corrected chi connectivity index (χ3v) is 7.11. The minimum atomic E-state index is -0.643. The van der Waals surface area contributed by atoms with Crippen LogP contribution >= 0.6 is 11.8 Å². The predicted octanol–water partition coefficient (Wildman–Crippen LogP) is 1.29. The SMILES string of the molecule is CCN1C(=O)[C@@H]2[C@H](C1=O)[C@H]1S[C@@H]2n2c(C)c(C(=O)OC)c(C(=O)OC)c21. The number of amides is 2. The summed E-state index contributed by atoms with van der Waals surface area (Å²) in [5.74, 6) is -2.63. The van der Waals surface area contributed by atoms with Gasteiger partial charge in [-0.2, -0.15) is 0 Å². The number of ether oxygens (including phenoxy) is 2. The van der Waals surface area contributed by atoms with Crippen molar-refractivity contribution in [3.05, 3.63) is 22.5 Å². The van der Waals surface area contributed by atoms with Crippen LogP contribution in [0.2, 0.25) is 0 Å². The van der Waals surface area contributed by atoms with E-state index in [2.05, 4.69) is 0 Å². The van der Waals surface area contributed by atoms with Gasteiger partial charge in [-0.25, -0.2) is 9.59 Å². The third kappa shape index (κ3) is 1.81. The summed E-state index contributed by atoms with van der Waals surface area (Å²) in [6.45, 7) is 3.82. The maximum absolute atomic E-state index is 12.7. The van der Waals surface area contributed by atoms with E-state index < -0.39 is 23.8 Å². The number of thioether (sulfide) groups is 1. The van der Waals surface area contributed by atoms with E-state index in [4.69, 9.17) is 9.47 Å². The molecule has 2 saturated heterocycles. The fourth-order valence-electron chi connectivity index (χ4n) is 4.48. The summed E-state index contributed by atoms with van der Waals surface area (Å²) in [5.41, 5.74) is 1.44. The Balaban J connectivity index is 1.93. The molecule has 2 fully saturated rings. The number of carbonyl (C=O) groups excluding carboxylic acids is 4. The molecule has 4 atom stereocenters. The van der Waals surface area contributed by atoms with Crippen molar-refractivity contribution >= 4 is 35.5 Å². The number of hydrogen-bond acceptors (Lipinski definition) is 7. The maximum Gasteiger partial charge on any atom is 0.340 e. The summed E-state index contributed by atoms with van der Waals surface area (Å²) in [6.07, 6.45) is 0. The second-order valence-corrected chi connectivity index (χ2v) is 7.76. The Kier molecular flexibility index (Phi) is 3.69. The highest BCUT2D eigenvalue weighted by molar-refractivity contribution is 8.00. The summed E-state index contributed by atoms with van der Waals surface area (Å²) < 4.78 is 11.6. The molecule has 0 N–H and O–H groups in total. The Labute approximate surface area is 153 Å². The molecule has 9 heteroatoms. The van der Waals surface area contributed by atoms with Crippen LogP contribution in [0.4, 0.5) is 0 Å². The van der Waals surface area contributed by atoms with E-state index in [1.165, 1.54) is 30.9 Å². The lowest BCUT2D eigenvalue weighted by atomic mass is 9.86. The van der Waals surface area contributed by atoms with Crippen LogP contribution in [0.5, 0.6) is 0 Å². The smallest absolute Gasteiger partial charge is 0.340 e. The number of nitrogens with zero attached hydrogens (tertiary/aromatic N) is 2. The van der Waals surface area contributed by atoms with Crippen LogP contribution in [0.15, 0.2) is 0 Å². The molecule has 1 aromatic rings. The molecule has 138 valence electrons. The minimum Gasteiger partial charge on any atom is -0.465 e. The topological polar surface area (TPSA) is 94.9 Å². The zero-order valence-electron chi connectivity index (χ0n) is 14.8. The fourth-order valence-corrected chi connectivity index (χ4v) is 6.44. The van der Waals surface area contributed by atoms with Gasteiger partial charge in [-0.3, -0.25) is 14.5 Å². The first-order valence-corrected chi connectivity index (χ1v) is 9.25. The van der Waals surface area contributed by atoms with Gasteiger partial charge in [-0.15, -0.1) is 11.8 Å². The van der Waals surface area contributed by atoms with Crippen molar-refractivity contribution in [3.8, 4) is 0 Å². The fraction of sp³-hybridized carbons (Fsp3) is 0.529. The number of fused-ring (bicyclic) bond motifs is 8. The summed E-state index contributed by atoms with van der Waals surface area (Å²) in [5, 5.41) is -0.668. The summed E-state index contributed by atoms with van der Waals surface area (Å²) in [4.78, 5) is 51.5. The molecule has 0 aromatic carbocycles. The molecule has 4 heterocycles. The molecule has 0 spiro atoms. The average Bonchev–Trinajstić information content (AvgIpc) is 3.33. The monoisotopic (exact) mass is 378 g/mol. The van der Waals surface area contributed by atoms with E-state index in [0.29, 0.717) is 17.9 Å². The number of methoxy groups -OCH3 is 2. The van der Waals surface area contributed by atoms with Crippen LogP contribution in [-0.4, -0.2) is 54.0 Å². The molecule has 0 saturated carbocycles. The molecule has 8 nitrogen and oxygen atoms in total. The highest BCUT2D eigenvalue weighted by Gasteiger charge is 2.65. The van der Waals surface area contributed by atoms with Gasteiger partial charge in [0.25, 0.3) is 0 Å². The highest BCUT2D eigenvalue weighted by Crippen LogP contribution is 2.67. The van der Waals surface area contributed by atoms with E-state index in [1.54, 1.807) is 13.8 Å². The molecule has 2 amide bonds. The number of hydrogen-bond donors (Lipinski definition) is 0. The first kappa shape index (κ1) is 17.1. The molecule has 3 aliphatic rings. The van der Waals surface area contributed by atoms with Gasteiger partial charge in [0.05, 0.1) is 47.8 Å². The number of imide groups is 1. The second kappa shape index (κ2) is 5.60. The molecular formula is C17H18N2O6S. The van der Waals surface area contributed by atoms with Gasteiger partial charge >= 0.3 is 11.9 Å². The molecular weight excluding hydrogens is 360 g/mol. The zero-order chi connectivity index (χ0) is 18.9. The number of esters is 2. The molecule has 0 unspecified atom stereocenters. The van der Waals surface area contributed by atoms with Crippen LogP contribution in [0.1, 0.15) is 49.7 Å². The van der Waals surface area contributed by atoms with Crippen molar-refractivity contribution in [1.29, 1.82) is 0 Å². The zero-order valence-corrected chi connectivity index (χ0v) is 15.6. The quantitative estimate of drug-likeness (QED) is 0.578. The minimum absolute atomic E-state index is 0.144. The van der Waals surface area contributed by atoms with Gasteiger partial charge in [-0.1, -0.05) is 0 Å². The van der Waals surface area contributed by atoms with Crippen molar-refractivity contribution < 1.29 is 28.7 Å². The van der Waals surface area contributed by atoms with Gasteiger partial charge in [0.15, 0.2) is 0 Å². The lowest BCUT2D eigenvalue weighted by molar-refractivity contribution is -0.139. The van der Waals surface area contributed by atoms with E-state index in [9.17, 15) is 19.2 Å². The Hall–Kier alpha value is -2.29. The first-order chi connectivity index (χ1) is 12.4. The predicted molar refractivity (Wildman–Crippen MR) is 90.6 cm³/mol. The number of carbonyl (C=O) groups is 4. The summed E-state index contributed by atoms with van der Waals surface area (Å²) in [6, 6.07) is 0. The van der Waals surface area contributed by atoms with Gasteiger partial charge in [-0.05, 0) is 13.8 Å². The summed E-state index contributed by atoms with van der Waals surface area (Å²) >= 11 is 1.50. The number of aromatic nitrogens is 1. The van der Waals surface area contributed by atoms with Crippen molar-refractivity contribution in [2.75, 3.05) is 20.8 Å². The maximum atomic E-state index is 12.7. The van der Waals surface area contributed by atoms with Gasteiger partial charge < -0.3 is 14.0 Å². The molecule has 4 rings (SSSR count). The number of likely N-dealkylation sites (tertiary alicyclic amines) is 1. The number of rotatable bonds is 3. The van der Waals surface area contributed by atoms with Gasteiger partial charge in [0.1, 0.15) is 0 Å². The summed E-state index contributed by atoms with van der Waals surface area (Å²) in [7, 11) is 2.49. The standard InChI is InChI=1S/C17H18N2O6S/c1-5-18-13(20)9-10(14(18)21)15-19-6(2)7(16(22)24-3)8(17(23)25-4)11(19)12(9)26-15/h9-10,12,15H,5H2,1-4H3/t9-,10-,12+,15-/m0/s1. The van der Waals surface area contributed by atoms with Crippen LogP contribution in [-0.2, 0) is 19.1 Å². The van der Waals surface area contributed by atoms with Crippen LogP contribution in [0, 0.1) is 18.8 Å². The van der Waals surface area contributed by atoms with Gasteiger partial charge in [0, 0.05) is 17.9 Å². The average molecular weight is 378 g/mol. The van der Waals surface area contributed by atoms with Crippen molar-refractivity contribution in [2.45, 2.75) is 24.5 Å². The highest BCUT2D eigenvalue weighted by atomic mass is 32.2. The molecule has 0 radical (unpaired) electrons. The molecule has 26 heavy (non-hydrogen) atoms. The Morgan fingerprint density at radius 2 is 1.62 bits per heavy atom. The first-order valence-electron chi connectivity index (χ1n) is 8.30. The lowest BCUT2D eigenvalue weighted by Gasteiger charge is -2.23. The lowest BCUT2D eigenvalue weighted by Crippen LogP contribution is -2.32. The van der Waals surface area contributed by atoms with E-state index in [1.807, 2.05) is 4.57 Å². The van der Waals surface area contributed by atoms with Crippen LogP contribution in [0.25, 0.3) is 0 Å². The van der Waals surface area contributed by atoms with E-state index in [0.717, 1.165) is 0 Å². The Bertz CT molecular complexity index is 875. The van der Waals surface area contributed by atoms with Crippen molar-refractivity contribution in [2.24, 2.45) is 11.8 Å². The third-order valence-electron chi connectivity index (χ3n) is 5.52. The molecule has 2 bridgehead atoms. The normalized spacial score (nSPS) is 28.4. The molecule has 3 aliphatic heterocycles. The second-order valence-electron chi connectivity index (χ2n) is 6.49. The Morgan fingerprint density at radius 3 is 2.19 bits per heavy atom. The van der Waals surface area contributed by atoms with Gasteiger partial charge in [0.2, 0.25) is 11.8 Å². The Morgan fingerprint density at radius 1 is 1.04 bits per heavy atom. The van der Waals surface area contributed by atoms with Crippen molar-refractivity contribution in [1.82, 2.24) is 9.47 Å². The van der Waals surface area contributed by atoms with Crippen LogP contribution in [0.3, 0.4) is 0 Å². The molecule has 0 aliphatic carbocycles. The van der Waals surface area contributed by atoms with Crippen LogP contribution < -0.4 is 0 Å². The largest absolute Gasteiger partial charge is 0.465 e. The van der Waals surface area contributed by atoms with E-state index in [-0.39, 0.29) is 33.6 Å². The van der Waals surface area contributed by atoms with E-state index >= 15 is 0 Å². The molecule has 1 aromatic heterocycles.